The van der Waals surface area contributed by atoms with Gasteiger partial charge in [0, 0.05) is 6.20 Å². The van der Waals surface area contributed by atoms with Crippen molar-refractivity contribution in [2.24, 2.45) is 0 Å². The van der Waals surface area contributed by atoms with Gasteiger partial charge in [-0.2, -0.15) is 5.10 Å². The SMILES string of the molecule is CC(C)(C)n1cc(C(=O)N[C@H](CC(=O)O)c2cccc3ccccc23)cn1. The van der Waals surface area contributed by atoms with Crippen LogP contribution in [-0.2, 0) is 10.3 Å². The van der Waals surface area contributed by atoms with Gasteiger partial charge >= 0.3 is 5.97 Å². The highest BCUT2D eigenvalue weighted by Gasteiger charge is 2.22. The Morgan fingerprint density at radius 1 is 1.15 bits per heavy atom. The third-order valence-corrected chi connectivity index (χ3v) is 4.41. The van der Waals surface area contributed by atoms with E-state index < -0.39 is 12.0 Å². The predicted molar refractivity (Wildman–Crippen MR) is 104 cm³/mol. The standard InChI is InChI=1S/C21H23N3O3/c1-21(2,3)24-13-15(12-22-24)20(27)23-18(11-19(25)26)17-10-6-8-14-7-4-5-9-16(14)17/h4-10,12-13,18H,11H2,1-3H3,(H,23,27)(H,25,26)/t18-/m1/s1. The fourth-order valence-electron chi connectivity index (χ4n) is 3.02. The number of nitrogens with one attached hydrogen (secondary N) is 1. The topological polar surface area (TPSA) is 84.2 Å². The number of benzene rings is 2. The zero-order valence-electron chi connectivity index (χ0n) is 15.6. The summed E-state index contributed by atoms with van der Waals surface area (Å²) in [4.78, 5) is 24.1. The molecular weight excluding hydrogens is 342 g/mol. The molecule has 6 heteroatoms. The van der Waals surface area contributed by atoms with Crippen molar-refractivity contribution in [2.75, 3.05) is 0 Å². The Bertz CT molecular complexity index is 980. The van der Waals surface area contributed by atoms with Crippen LogP contribution in [-0.4, -0.2) is 26.8 Å². The van der Waals surface area contributed by atoms with Crippen LogP contribution < -0.4 is 5.32 Å². The summed E-state index contributed by atoms with van der Waals surface area (Å²) in [5.41, 5.74) is 0.946. The number of carboxylic acid groups (broad SMARTS) is 1. The lowest BCUT2D eigenvalue weighted by Crippen LogP contribution is -2.30. The van der Waals surface area contributed by atoms with Gasteiger partial charge in [-0.15, -0.1) is 0 Å². The van der Waals surface area contributed by atoms with Crippen molar-refractivity contribution < 1.29 is 14.7 Å². The van der Waals surface area contributed by atoms with E-state index in [4.69, 9.17) is 0 Å². The van der Waals surface area contributed by atoms with Crippen LogP contribution in [0.15, 0.2) is 54.9 Å². The smallest absolute Gasteiger partial charge is 0.305 e. The molecule has 0 spiro atoms. The van der Waals surface area contributed by atoms with Gasteiger partial charge in [-0.25, -0.2) is 0 Å². The predicted octanol–water partition coefficient (Wildman–Crippen LogP) is 3.74. The summed E-state index contributed by atoms with van der Waals surface area (Å²) in [5, 5.41) is 18.4. The first-order chi connectivity index (χ1) is 12.8. The van der Waals surface area contributed by atoms with Crippen molar-refractivity contribution in [1.82, 2.24) is 15.1 Å². The molecule has 1 heterocycles. The average Bonchev–Trinajstić information content (AvgIpc) is 3.11. The number of carboxylic acids is 1. The summed E-state index contributed by atoms with van der Waals surface area (Å²) >= 11 is 0. The van der Waals surface area contributed by atoms with Crippen molar-refractivity contribution in [3.05, 3.63) is 66.0 Å². The van der Waals surface area contributed by atoms with E-state index in [0.717, 1.165) is 16.3 Å². The molecule has 0 aliphatic carbocycles. The Balaban J connectivity index is 1.92. The number of aromatic nitrogens is 2. The van der Waals surface area contributed by atoms with E-state index in [1.165, 1.54) is 6.20 Å². The summed E-state index contributed by atoms with van der Waals surface area (Å²) in [7, 11) is 0. The molecular formula is C21H23N3O3. The van der Waals surface area contributed by atoms with Gasteiger partial charge in [0.05, 0.1) is 29.8 Å². The van der Waals surface area contributed by atoms with E-state index in [0.29, 0.717) is 5.56 Å². The van der Waals surface area contributed by atoms with Crippen molar-refractivity contribution in [2.45, 2.75) is 38.8 Å². The molecule has 1 atom stereocenters. The number of amides is 1. The second kappa shape index (κ2) is 7.23. The monoisotopic (exact) mass is 365 g/mol. The lowest BCUT2D eigenvalue weighted by Gasteiger charge is -2.20. The molecule has 3 rings (SSSR count). The second-order valence-electron chi connectivity index (χ2n) is 7.54. The summed E-state index contributed by atoms with van der Waals surface area (Å²) in [6.07, 6.45) is 2.98. The molecule has 0 bridgehead atoms. The second-order valence-corrected chi connectivity index (χ2v) is 7.54. The number of carbonyl (C=O) groups excluding carboxylic acids is 1. The Morgan fingerprint density at radius 3 is 2.52 bits per heavy atom. The number of hydrogen-bond acceptors (Lipinski definition) is 3. The first-order valence-corrected chi connectivity index (χ1v) is 8.81. The number of nitrogens with zero attached hydrogens (tertiary/aromatic N) is 2. The first kappa shape index (κ1) is 18.6. The lowest BCUT2D eigenvalue weighted by atomic mass is 9.96. The lowest BCUT2D eigenvalue weighted by molar-refractivity contribution is -0.137. The van der Waals surface area contributed by atoms with Gasteiger partial charge in [0.25, 0.3) is 5.91 Å². The first-order valence-electron chi connectivity index (χ1n) is 8.81. The molecule has 140 valence electrons. The van der Waals surface area contributed by atoms with E-state index in [9.17, 15) is 14.7 Å². The molecule has 1 amide bonds. The van der Waals surface area contributed by atoms with Crippen LogP contribution in [0.5, 0.6) is 0 Å². The van der Waals surface area contributed by atoms with Crippen molar-refractivity contribution in [3.63, 3.8) is 0 Å². The Kier molecular flexibility index (Phi) is 4.99. The highest BCUT2D eigenvalue weighted by Crippen LogP contribution is 2.27. The minimum atomic E-state index is -0.973. The van der Waals surface area contributed by atoms with Crippen LogP contribution in [0.3, 0.4) is 0 Å². The zero-order chi connectivity index (χ0) is 19.6. The van der Waals surface area contributed by atoms with Crippen molar-refractivity contribution in [1.29, 1.82) is 0 Å². The van der Waals surface area contributed by atoms with Gasteiger partial charge in [0.2, 0.25) is 0 Å². The molecule has 0 aliphatic heterocycles. The molecule has 3 aromatic rings. The number of rotatable bonds is 5. The van der Waals surface area contributed by atoms with Gasteiger partial charge in [0.1, 0.15) is 0 Å². The Hall–Kier alpha value is -3.15. The van der Waals surface area contributed by atoms with E-state index in [2.05, 4.69) is 10.4 Å². The molecule has 0 saturated heterocycles. The highest BCUT2D eigenvalue weighted by molar-refractivity contribution is 5.95. The van der Waals surface area contributed by atoms with Gasteiger partial charge < -0.3 is 10.4 Å². The quantitative estimate of drug-likeness (QED) is 0.721. The minimum absolute atomic E-state index is 0.201. The molecule has 2 aromatic carbocycles. The van der Waals surface area contributed by atoms with Crippen molar-refractivity contribution >= 4 is 22.6 Å². The Labute approximate surface area is 157 Å². The van der Waals surface area contributed by atoms with E-state index in [1.807, 2.05) is 63.2 Å². The van der Waals surface area contributed by atoms with E-state index >= 15 is 0 Å². The van der Waals surface area contributed by atoms with Crippen LogP contribution in [0.25, 0.3) is 10.8 Å². The zero-order valence-corrected chi connectivity index (χ0v) is 15.6. The molecule has 27 heavy (non-hydrogen) atoms. The number of hydrogen-bond donors (Lipinski definition) is 2. The van der Waals surface area contributed by atoms with Crippen molar-refractivity contribution in [3.8, 4) is 0 Å². The fraction of sp³-hybridized carbons (Fsp3) is 0.286. The summed E-state index contributed by atoms with van der Waals surface area (Å²) in [6, 6.07) is 12.8. The summed E-state index contributed by atoms with van der Waals surface area (Å²) in [6.45, 7) is 5.97. The average molecular weight is 365 g/mol. The van der Waals surface area contributed by atoms with E-state index in [-0.39, 0.29) is 17.9 Å². The molecule has 0 fully saturated rings. The molecule has 6 nitrogen and oxygen atoms in total. The normalized spacial score (nSPS) is 12.7. The van der Waals surface area contributed by atoms with Crippen LogP contribution in [0, 0.1) is 0 Å². The third-order valence-electron chi connectivity index (χ3n) is 4.41. The summed E-state index contributed by atoms with van der Waals surface area (Å²) < 4.78 is 1.71. The fourth-order valence-corrected chi connectivity index (χ4v) is 3.02. The molecule has 0 radical (unpaired) electrons. The maximum Gasteiger partial charge on any atom is 0.305 e. The molecule has 1 aromatic heterocycles. The van der Waals surface area contributed by atoms with Gasteiger partial charge in [-0.1, -0.05) is 42.5 Å². The maximum absolute atomic E-state index is 12.7. The minimum Gasteiger partial charge on any atom is -0.481 e. The highest BCUT2D eigenvalue weighted by atomic mass is 16.4. The van der Waals surface area contributed by atoms with Crippen LogP contribution in [0.1, 0.15) is 49.2 Å². The van der Waals surface area contributed by atoms with Crippen LogP contribution in [0.2, 0.25) is 0 Å². The molecule has 0 unspecified atom stereocenters. The summed E-state index contributed by atoms with van der Waals surface area (Å²) in [5.74, 6) is -1.32. The van der Waals surface area contributed by atoms with Gasteiger partial charge in [-0.05, 0) is 37.1 Å². The Morgan fingerprint density at radius 2 is 1.85 bits per heavy atom. The number of carbonyl (C=O) groups is 2. The molecule has 0 aliphatic rings. The molecule has 0 saturated carbocycles. The van der Waals surface area contributed by atoms with Gasteiger partial charge in [0.15, 0.2) is 0 Å². The third kappa shape index (κ3) is 4.16. The van der Waals surface area contributed by atoms with Gasteiger partial charge in [-0.3, -0.25) is 14.3 Å². The van der Waals surface area contributed by atoms with Crippen LogP contribution >= 0.6 is 0 Å². The largest absolute Gasteiger partial charge is 0.481 e. The molecule has 2 N–H and O–H groups in total. The number of aliphatic carboxylic acids is 1. The number of fused-ring (bicyclic) bond motifs is 1. The van der Waals surface area contributed by atoms with E-state index in [1.54, 1.807) is 10.9 Å². The maximum atomic E-state index is 12.7. The van der Waals surface area contributed by atoms with Crippen LogP contribution in [0.4, 0.5) is 0 Å².